The number of aliphatic hydroxyl groups excluding tert-OH is 1. The summed E-state index contributed by atoms with van der Waals surface area (Å²) in [5, 5.41) is 8.83. The molecule has 2 fully saturated rings. The molecule has 4 aromatic rings. The molecule has 226 valence electrons. The van der Waals surface area contributed by atoms with Crippen molar-refractivity contribution in [1.29, 1.82) is 0 Å². The Morgan fingerprint density at radius 3 is 2.53 bits per heavy atom. The smallest absolute Gasteiger partial charge is 0.166 e. The van der Waals surface area contributed by atoms with E-state index in [2.05, 4.69) is 20.9 Å². The van der Waals surface area contributed by atoms with Gasteiger partial charge in [0.15, 0.2) is 11.6 Å². The van der Waals surface area contributed by atoms with Crippen LogP contribution < -0.4 is 4.74 Å². The average Bonchev–Trinajstić information content (AvgIpc) is 3.71. The summed E-state index contributed by atoms with van der Waals surface area (Å²) in [4.78, 5) is 27.2. The predicted molar refractivity (Wildman–Crippen MR) is 165 cm³/mol. The SMILES string of the molecule is O=C(Cc1ccc(Oc2ccnc3cc(-c4ccc(CN5CCN(CCOCCO)CC5)cn4)sc23)c(F)c1)CC1CC1. The Morgan fingerprint density at radius 2 is 1.79 bits per heavy atom. The van der Waals surface area contributed by atoms with E-state index in [1.165, 1.54) is 23.0 Å². The molecule has 8 nitrogen and oxygen atoms in total. The van der Waals surface area contributed by atoms with Crippen LogP contribution in [-0.4, -0.2) is 83.2 Å². The molecule has 1 aromatic carbocycles. The average molecular weight is 605 g/mol. The van der Waals surface area contributed by atoms with Gasteiger partial charge in [0.05, 0.1) is 40.6 Å². The molecule has 10 heteroatoms. The highest BCUT2D eigenvalue weighted by molar-refractivity contribution is 7.22. The zero-order chi connectivity index (χ0) is 29.6. The van der Waals surface area contributed by atoms with Crippen LogP contribution in [0.1, 0.15) is 30.4 Å². The molecule has 4 heterocycles. The molecule has 1 N–H and O–H groups in total. The molecule has 2 aliphatic rings. The van der Waals surface area contributed by atoms with Crippen molar-refractivity contribution in [3.63, 3.8) is 0 Å². The number of carbonyl (C=O) groups is 1. The number of ketones is 1. The van der Waals surface area contributed by atoms with E-state index in [0.29, 0.717) is 36.9 Å². The first kappa shape index (κ1) is 29.8. The van der Waals surface area contributed by atoms with Crippen LogP contribution in [0.5, 0.6) is 11.5 Å². The molecule has 3 aromatic heterocycles. The number of carbonyl (C=O) groups excluding carboxylic acids is 1. The third kappa shape index (κ3) is 8.01. The topological polar surface area (TPSA) is 88.0 Å². The van der Waals surface area contributed by atoms with Crippen LogP contribution in [0.25, 0.3) is 20.8 Å². The minimum absolute atomic E-state index is 0.0672. The van der Waals surface area contributed by atoms with Crippen LogP contribution in [0.3, 0.4) is 0 Å². The lowest BCUT2D eigenvalue weighted by molar-refractivity contribution is -0.118. The van der Waals surface area contributed by atoms with Gasteiger partial charge >= 0.3 is 0 Å². The fraction of sp³-hybridized carbons (Fsp3) is 0.424. The van der Waals surface area contributed by atoms with Crippen molar-refractivity contribution < 1.29 is 23.8 Å². The second-order valence-electron chi connectivity index (χ2n) is 11.4. The highest BCUT2D eigenvalue weighted by atomic mass is 32.1. The zero-order valence-electron chi connectivity index (χ0n) is 24.2. The summed E-state index contributed by atoms with van der Waals surface area (Å²) < 4.78 is 27.2. The predicted octanol–water partition coefficient (Wildman–Crippen LogP) is 5.33. The van der Waals surface area contributed by atoms with Gasteiger partial charge in [-0.2, -0.15) is 0 Å². The van der Waals surface area contributed by atoms with Gasteiger partial charge in [0, 0.05) is 70.6 Å². The van der Waals surface area contributed by atoms with E-state index in [0.717, 1.165) is 72.9 Å². The quantitative estimate of drug-likeness (QED) is 0.193. The van der Waals surface area contributed by atoms with Crippen molar-refractivity contribution in [1.82, 2.24) is 19.8 Å². The summed E-state index contributed by atoms with van der Waals surface area (Å²) in [6.07, 6.45) is 6.70. The Hall–Kier alpha value is -3.28. The van der Waals surface area contributed by atoms with Gasteiger partial charge in [0.2, 0.25) is 0 Å². The third-order valence-electron chi connectivity index (χ3n) is 7.94. The molecular weight excluding hydrogens is 567 g/mol. The molecule has 0 amide bonds. The number of hydrogen-bond donors (Lipinski definition) is 1. The molecule has 1 saturated carbocycles. The number of aromatic nitrogens is 2. The van der Waals surface area contributed by atoms with Gasteiger partial charge in [-0.25, -0.2) is 4.39 Å². The zero-order valence-corrected chi connectivity index (χ0v) is 25.0. The number of rotatable bonds is 14. The monoisotopic (exact) mass is 604 g/mol. The lowest BCUT2D eigenvalue weighted by Crippen LogP contribution is -2.46. The number of aliphatic hydroxyl groups is 1. The molecule has 0 spiro atoms. The van der Waals surface area contributed by atoms with E-state index in [4.69, 9.17) is 19.6 Å². The number of Topliss-reactive ketones (excluding diaryl/α,β-unsaturated/α-hetero) is 1. The van der Waals surface area contributed by atoms with Gasteiger partial charge in [0.25, 0.3) is 0 Å². The summed E-state index contributed by atoms with van der Waals surface area (Å²) in [6, 6.07) is 12.7. The highest BCUT2D eigenvalue weighted by Crippen LogP contribution is 2.39. The third-order valence-corrected chi connectivity index (χ3v) is 9.10. The maximum atomic E-state index is 15.0. The number of pyridine rings is 2. The maximum absolute atomic E-state index is 15.0. The molecular formula is C33H37FN4O4S. The van der Waals surface area contributed by atoms with Crippen LogP contribution in [0.4, 0.5) is 4.39 Å². The van der Waals surface area contributed by atoms with Crippen molar-refractivity contribution in [3.05, 3.63) is 71.8 Å². The largest absolute Gasteiger partial charge is 0.453 e. The molecule has 0 bridgehead atoms. The van der Waals surface area contributed by atoms with Crippen molar-refractivity contribution in [3.8, 4) is 22.1 Å². The van der Waals surface area contributed by atoms with Crippen LogP contribution in [0, 0.1) is 11.7 Å². The summed E-state index contributed by atoms with van der Waals surface area (Å²) in [7, 11) is 0. The maximum Gasteiger partial charge on any atom is 0.166 e. The number of halogens is 1. The number of thiophene rings is 1. The summed E-state index contributed by atoms with van der Waals surface area (Å²) >= 11 is 1.52. The van der Waals surface area contributed by atoms with Crippen LogP contribution in [0.2, 0.25) is 0 Å². The lowest BCUT2D eigenvalue weighted by atomic mass is 10.0. The van der Waals surface area contributed by atoms with E-state index in [1.54, 1.807) is 24.4 Å². The van der Waals surface area contributed by atoms with E-state index >= 15 is 0 Å². The number of ether oxygens (including phenoxy) is 2. The first-order valence-corrected chi connectivity index (χ1v) is 15.8. The molecule has 43 heavy (non-hydrogen) atoms. The minimum atomic E-state index is -0.482. The number of piperazine rings is 1. The summed E-state index contributed by atoms with van der Waals surface area (Å²) in [5.41, 5.74) is 3.47. The first-order valence-electron chi connectivity index (χ1n) is 15.0. The Morgan fingerprint density at radius 1 is 0.977 bits per heavy atom. The Balaban J connectivity index is 1.06. The number of benzene rings is 1. The van der Waals surface area contributed by atoms with Gasteiger partial charge in [0.1, 0.15) is 11.5 Å². The molecule has 1 aliphatic carbocycles. The minimum Gasteiger partial charge on any atom is -0.453 e. The molecule has 0 atom stereocenters. The lowest BCUT2D eigenvalue weighted by Gasteiger charge is -2.34. The second kappa shape index (κ2) is 14.0. The second-order valence-corrected chi connectivity index (χ2v) is 12.4. The van der Waals surface area contributed by atoms with E-state index in [-0.39, 0.29) is 24.6 Å². The normalized spacial score (nSPS) is 16.1. The molecule has 0 radical (unpaired) electrons. The van der Waals surface area contributed by atoms with Gasteiger partial charge in [-0.15, -0.1) is 11.3 Å². The van der Waals surface area contributed by atoms with Crippen molar-refractivity contribution in [2.24, 2.45) is 5.92 Å². The number of hydrogen-bond acceptors (Lipinski definition) is 9. The van der Waals surface area contributed by atoms with E-state index < -0.39 is 5.82 Å². The Bertz CT molecular complexity index is 1530. The summed E-state index contributed by atoms with van der Waals surface area (Å²) in [6.45, 7) is 6.86. The molecule has 1 saturated heterocycles. The van der Waals surface area contributed by atoms with E-state index in [1.807, 2.05) is 18.3 Å². The first-order chi connectivity index (χ1) is 21.0. The fourth-order valence-corrected chi connectivity index (χ4v) is 6.42. The molecule has 6 rings (SSSR count). The Labute approximate surface area is 255 Å². The summed E-state index contributed by atoms with van der Waals surface area (Å²) in [5.74, 6) is 0.867. The van der Waals surface area contributed by atoms with Gasteiger partial charge in [-0.1, -0.05) is 12.1 Å². The van der Waals surface area contributed by atoms with Crippen LogP contribution >= 0.6 is 11.3 Å². The highest BCUT2D eigenvalue weighted by Gasteiger charge is 2.24. The molecule has 1 aliphatic heterocycles. The number of nitrogens with zero attached hydrogens (tertiary/aromatic N) is 4. The van der Waals surface area contributed by atoms with Crippen LogP contribution in [-0.2, 0) is 22.5 Å². The number of fused-ring (bicyclic) bond motifs is 1. The standard InChI is InChI=1S/C33H37FN4O4S/c34-27-19-24(18-26(40)17-23-1-2-23)4-6-30(27)42-31-7-8-35-29-20-32(43-33(29)31)28-5-3-25(21-36-28)22-38-11-9-37(10-12-38)13-15-41-16-14-39/h3-8,19-21,23,39H,1-2,9-18,22H2. The van der Waals surface area contributed by atoms with E-state index in [9.17, 15) is 9.18 Å². The van der Waals surface area contributed by atoms with Gasteiger partial charge < -0.3 is 14.6 Å². The van der Waals surface area contributed by atoms with Gasteiger partial charge in [-0.05, 0) is 54.2 Å². The van der Waals surface area contributed by atoms with Gasteiger partial charge in [-0.3, -0.25) is 24.6 Å². The van der Waals surface area contributed by atoms with Crippen molar-refractivity contribution >= 4 is 27.3 Å². The Kier molecular flexibility index (Phi) is 9.70. The van der Waals surface area contributed by atoms with Crippen molar-refractivity contribution in [2.75, 3.05) is 52.5 Å². The molecule has 0 unspecified atom stereocenters. The van der Waals surface area contributed by atoms with Crippen LogP contribution in [0.15, 0.2) is 54.9 Å². The van der Waals surface area contributed by atoms with Crippen molar-refractivity contribution in [2.45, 2.75) is 32.2 Å². The fourth-order valence-electron chi connectivity index (χ4n) is 5.37.